The number of carbonyl (C=O) groups excluding carboxylic acids is 1. The highest BCUT2D eigenvalue weighted by Crippen LogP contribution is 2.22. The first kappa shape index (κ1) is 13.9. The SMILES string of the molecule is CC(=O)c1ccc(S(C)(=O)=O)c(S(C)(=O)=O)c1. The molecule has 0 spiro atoms. The number of Topliss-reactive ketones (excluding diaryl/α,β-unsaturated/α-hetero) is 1. The molecule has 0 aromatic heterocycles. The maximum Gasteiger partial charge on any atom is 0.176 e. The van der Waals surface area contributed by atoms with Gasteiger partial charge in [-0.25, -0.2) is 16.8 Å². The second-order valence-corrected chi connectivity index (χ2v) is 7.73. The third kappa shape index (κ3) is 3.13. The van der Waals surface area contributed by atoms with Crippen molar-refractivity contribution in [2.75, 3.05) is 12.5 Å². The van der Waals surface area contributed by atoms with Crippen molar-refractivity contribution in [2.45, 2.75) is 16.7 Å². The first-order valence-corrected chi connectivity index (χ1v) is 8.37. The Morgan fingerprint density at radius 3 is 1.76 bits per heavy atom. The van der Waals surface area contributed by atoms with Gasteiger partial charge in [0.2, 0.25) is 0 Å². The number of benzene rings is 1. The van der Waals surface area contributed by atoms with Crippen molar-refractivity contribution in [3.63, 3.8) is 0 Å². The Morgan fingerprint density at radius 1 is 0.941 bits per heavy atom. The summed E-state index contributed by atoms with van der Waals surface area (Å²) in [5.41, 5.74) is 0.165. The molecule has 94 valence electrons. The van der Waals surface area contributed by atoms with Gasteiger partial charge in [-0.1, -0.05) is 6.07 Å². The van der Waals surface area contributed by atoms with E-state index in [1.54, 1.807) is 0 Å². The van der Waals surface area contributed by atoms with Crippen LogP contribution < -0.4 is 0 Å². The van der Waals surface area contributed by atoms with Crippen LogP contribution in [0, 0.1) is 0 Å². The molecule has 0 aliphatic heterocycles. The maximum absolute atomic E-state index is 11.5. The normalized spacial score (nSPS) is 12.4. The predicted octanol–water partition coefficient (Wildman–Crippen LogP) is 0.696. The Labute approximate surface area is 100 Å². The zero-order chi connectivity index (χ0) is 13.4. The van der Waals surface area contributed by atoms with Gasteiger partial charge in [0.25, 0.3) is 0 Å². The van der Waals surface area contributed by atoms with E-state index in [0.29, 0.717) is 0 Å². The Balaban J connectivity index is 3.73. The van der Waals surface area contributed by atoms with Gasteiger partial charge < -0.3 is 0 Å². The van der Waals surface area contributed by atoms with Crippen molar-refractivity contribution >= 4 is 25.5 Å². The lowest BCUT2D eigenvalue weighted by Crippen LogP contribution is -2.09. The summed E-state index contributed by atoms with van der Waals surface area (Å²) in [6.45, 7) is 1.28. The van der Waals surface area contributed by atoms with Gasteiger partial charge in [0.05, 0.1) is 9.79 Å². The van der Waals surface area contributed by atoms with Crippen LogP contribution in [0.25, 0.3) is 0 Å². The van der Waals surface area contributed by atoms with E-state index < -0.39 is 19.7 Å². The van der Waals surface area contributed by atoms with Gasteiger partial charge in [-0.2, -0.15) is 0 Å². The predicted molar refractivity (Wildman–Crippen MR) is 62.7 cm³/mol. The van der Waals surface area contributed by atoms with Crippen LogP contribution in [-0.2, 0) is 19.7 Å². The Morgan fingerprint density at radius 2 is 1.41 bits per heavy atom. The molecule has 17 heavy (non-hydrogen) atoms. The van der Waals surface area contributed by atoms with Crippen LogP contribution in [-0.4, -0.2) is 35.1 Å². The molecule has 0 atom stereocenters. The van der Waals surface area contributed by atoms with E-state index in [0.717, 1.165) is 24.6 Å². The van der Waals surface area contributed by atoms with Crippen LogP contribution >= 0.6 is 0 Å². The van der Waals surface area contributed by atoms with Crippen LogP contribution in [0.5, 0.6) is 0 Å². The molecule has 0 aliphatic carbocycles. The Bertz CT molecular complexity index is 669. The van der Waals surface area contributed by atoms with Crippen molar-refractivity contribution < 1.29 is 21.6 Å². The highest BCUT2D eigenvalue weighted by molar-refractivity contribution is 7.93. The number of ketones is 1. The molecule has 1 aromatic rings. The topological polar surface area (TPSA) is 85.3 Å². The lowest BCUT2D eigenvalue weighted by atomic mass is 10.1. The summed E-state index contributed by atoms with van der Waals surface area (Å²) in [6.07, 6.45) is 1.82. The smallest absolute Gasteiger partial charge is 0.176 e. The molecular weight excluding hydrogens is 264 g/mol. The second kappa shape index (κ2) is 4.23. The summed E-state index contributed by atoms with van der Waals surface area (Å²) in [4.78, 5) is 10.5. The fraction of sp³-hybridized carbons (Fsp3) is 0.300. The van der Waals surface area contributed by atoms with Gasteiger partial charge in [0, 0.05) is 18.1 Å². The van der Waals surface area contributed by atoms with Crippen LogP contribution in [0.1, 0.15) is 17.3 Å². The highest BCUT2D eigenvalue weighted by Gasteiger charge is 2.21. The maximum atomic E-state index is 11.5. The summed E-state index contributed by atoms with van der Waals surface area (Å²) >= 11 is 0. The number of hydrogen-bond donors (Lipinski definition) is 0. The van der Waals surface area contributed by atoms with E-state index >= 15 is 0 Å². The van der Waals surface area contributed by atoms with Crippen LogP contribution in [0.4, 0.5) is 0 Å². The van der Waals surface area contributed by atoms with Gasteiger partial charge >= 0.3 is 0 Å². The molecule has 0 saturated heterocycles. The molecule has 0 aliphatic rings. The molecule has 1 rings (SSSR count). The van der Waals surface area contributed by atoms with Gasteiger partial charge in [0.15, 0.2) is 25.5 Å². The van der Waals surface area contributed by atoms with Crippen LogP contribution in [0.3, 0.4) is 0 Å². The van der Waals surface area contributed by atoms with Crippen molar-refractivity contribution in [2.24, 2.45) is 0 Å². The minimum atomic E-state index is -3.70. The van der Waals surface area contributed by atoms with Crippen molar-refractivity contribution in [1.29, 1.82) is 0 Å². The summed E-state index contributed by atoms with van der Waals surface area (Å²) in [7, 11) is -7.35. The fourth-order valence-corrected chi connectivity index (χ4v) is 3.75. The van der Waals surface area contributed by atoms with Gasteiger partial charge in [0.1, 0.15) is 0 Å². The first-order valence-electron chi connectivity index (χ1n) is 4.58. The zero-order valence-corrected chi connectivity index (χ0v) is 11.2. The quantitative estimate of drug-likeness (QED) is 0.758. The molecule has 0 bridgehead atoms. The lowest BCUT2D eigenvalue weighted by molar-refractivity contribution is 0.101. The Hall–Kier alpha value is -1.21. The molecule has 0 amide bonds. The third-order valence-electron chi connectivity index (χ3n) is 2.15. The van der Waals surface area contributed by atoms with E-state index in [1.807, 2.05) is 0 Å². The second-order valence-electron chi connectivity index (χ2n) is 3.76. The number of hydrogen-bond acceptors (Lipinski definition) is 5. The number of sulfone groups is 2. The van der Waals surface area contributed by atoms with Gasteiger partial charge in [-0.15, -0.1) is 0 Å². The molecule has 0 N–H and O–H groups in total. The molecule has 0 fully saturated rings. The molecule has 0 unspecified atom stereocenters. The van der Waals surface area contributed by atoms with Gasteiger partial charge in [-0.3, -0.25) is 4.79 Å². The van der Waals surface area contributed by atoms with E-state index in [4.69, 9.17) is 0 Å². The molecule has 0 heterocycles. The number of rotatable bonds is 3. The van der Waals surface area contributed by atoms with E-state index in [2.05, 4.69) is 0 Å². The van der Waals surface area contributed by atoms with E-state index in [1.165, 1.54) is 13.0 Å². The van der Waals surface area contributed by atoms with Crippen molar-refractivity contribution in [3.05, 3.63) is 23.8 Å². The average molecular weight is 276 g/mol. The standard InChI is InChI=1S/C10H12O5S2/c1-7(11)8-4-5-9(16(2,12)13)10(6-8)17(3,14)15/h4-6H,1-3H3. The molecule has 0 saturated carbocycles. The zero-order valence-electron chi connectivity index (χ0n) is 9.59. The average Bonchev–Trinajstić information content (AvgIpc) is 2.14. The summed E-state index contributed by atoms with van der Waals surface area (Å²) in [6, 6.07) is 3.53. The minimum absolute atomic E-state index is 0.165. The van der Waals surface area contributed by atoms with E-state index in [9.17, 15) is 21.6 Å². The lowest BCUT2D eigenvalue weighted by Gasteiger charge is -2.07. The highest BCUT2D eigenvalue weighted by atomic mass is 32.2. The summed E-state index contributed by atoms with van der Waals surface area (Å²) < 4.78 is 45.9. The van der Waals surface area contributed by atoms with Crippen molar-refractivity contribution in [3.8, 4) is 0 Å². The third-order valence-corrected chi connectivity index (χ3v) is 4.57. The molecule has 1 aromatic carbocycles. The summed E-state index contributed by atoms with van der Waals surface area (Å²) in [5.74, 6) is -0.324. The monoisotopic (exact) mass is 276 g/mol. The molecular formula is C10H12O5S2. The Kier molecular flexibility index (Phi) is 3.45. The fourth-order valence-electron chi connectivity index (χ4n) is 1.32. The van der Waals surface area contributed by atoms with E-state index in [-0.39, 0.29) is 21.1 Å². The number of carbonyl (C=O) groups is 1. The minimum Gasteiger partial charge on any atom is -0.295 e. The van der Waals surface area contributed by atoms with Crippen molar-refractivity contribution in [1.82, 2.24) is 0 Å². The molecule has 0 radical (unpaired) electrons. The first-order chi connectivity index (χ1) is 7.53. The molecule has 7 heteroatoms. The van der Waals surface area contributed by atoms with Crippen LogP contribution in [0.15, 0.2) is 28.0 Å². The van der Waals surface area contributed by atoms with Gasteiger partial charge in [-0.05, 0) is 19.1 Å². The molecule has 5 nitrogen and oxygen atoms in total. The van der Waals surface area contributed by atoms with Crippen LogP contribution in [0.2, 0.25) is 0 Å². The largest absolute Gasteiger partial charge is 0.295 e. The summed E-state index contributed by atoms with van der Waals surface area (Å²) in [5, 5.41) is 0.